The summed E-state index contributed by atoms with van der Waals surface area (Å²) in [5.74, 6) is 2.32. The molecule has 2 N–H and O–H groups in total. The van der Waals surface area contributed by atoms with Crippen LogP contribution in [-0.2, 0) is 19.9 Å². The van der Waals surface area contributed by atoms with Crippen molar-refractivity contribution in [2.45, 2.75) is 19.8 Å². The molecule has 1 aromatic carbocycles. The predicted molar refractivity (Wildman–Crippen MR) is 104 cm³/mol. The maximum absolute atomic E-state index is 5.35. The lowest BCUT2D eigenvalue weighted by Gasteiger charge is -2.11. The largest absolute Gasteiger partial charge is 0.493 e. The SMILES string of the molecule is CCNC(=NCCc1ccc(OC)c(OC)c1)NCCc1cnn(C)c1. The first-order chi connectivity index (χ1) is 12.7. The standard InChI is InChI=1S/C19H29N5O2/c1-5-20-19(22-11-9-16-13-23-24(2)14-16)21-10-8-15-6-7-17(25-3)18(12-15)26-4/h6-7,12-14H,5,8-11H2,1-4H3,(H2,20,21,22). The minimum atomic E-state index is 0.692. The van der Waals surface area contributed by atoms with Crippen molar-refractivity contribution in [3.05, 3.63) is 41.7 Å². The van der Waals surface area contributed by atoms with E-state index in [1.54, 1.807) is 14.2 Å². The average Bonchev–Trinajstić information content (AvgIpc) is 3.06. The van der Waals surface area contributed by atoms with Gasteiger partial charge in [-0.3, -0.25) is 9.67 Å². The molecule has 2 aromatic rings. The van der Waals surface area contributed by atoms with Crippen molar-refractivity contribution in [2.75, 3.05) is 33.9 Å². The van der Waals surface area contributed by atoms with Crippen LogP contribution < -0.4 is 20.1 Å². The summed E-state index contributed by atoms with van der Waals surface area (Å²) in [6, 6.07) is 5.96. The number of benzene rings is 1. The van der Waals surface area contributed by atoms with E-state index in [-0.39, 0.29) is 0 Å². The molecule has 0 saturated carbocycles. The minimum Gasteiger partial charge on any atom is -0.493 e. The molecule has 1 heterocycles. The van der Waals surface area contributed by atoms with Crippen LogP contribution >= 0.6 is 0 Å². The van der Waals surface area contributed by atoms with Gasteiger partial charge in [0.2, 0.25) is 0 Å². The van der Waals surface area contributed by atoms with E-state index in [1.807, 2.05) is 42.3 Å². The van der Waals surface area contributed by atoms with Crippen molar-refractivity contribution in [1.29, 1.82) is 0 Å². The van der Waals surface area contributed by atoms with Crippen molar-refractivity contribution in [3.63, 3.8) is 0 Å². The molecule has 0 radical (unpaired) electrons. The fourth-order valence-corrected chi connectivity index (χ4v) is 2.60. The van der Waals surface area contributed by atoms with Gasteiger partial charge >= 0.3 is 0 Å². The molecule has 0 bridgehead atoms. The lowest BCUT2D eigenvalue weighted by molar-refractivity contribution is 0.354. The second kappa shape index (κ2) is 10.3. The number of aliphatic imine (C=N–C) groups is 1. The molecule has 0 fully saturated rings. The number of hydrogen-bond acceptors (Lipinski definition) is 4. The van der Waals surface area contributed by atoms with Gasteiger partial charge in [0.15, 0.2) is 17.5 Å². The minimum absolute atomic E-state index is 0.692. The molecule has 26 heavy (non-hydrogen) atoms. The highest BCUT2D eigenvalue weighted by Crippen LogP contribution is 2.27. The van der Waals surface area contributed by atoms with Crippen molar-refractivity contribution in [1.82, 2.24) is 20.4 Å². The number of nitrogens with one attached hydrogen (secondary N) is 2. The first kappa shape index (κ1) is 19.6. The second-order valence-corrected chi connectivity index (χ2v) is 5.90. The average molecular weight is 359 g/mol. The maximum atomic E-state index is 5.35. The van der Waals surface area contributed by atoms with E-state index >= 15 is 0 Å². The van der Waals surface area contributed by atoms with E-state index in [1.165, 1.54) is 5.56 Å². The Kier molecular flexibility index (Phi) is 7.79. The summed E-state index contributed by atoms with van der Waals surface area (Å²) in [7, 11) is 5.22. The molecule has 0 aliphatic carbocycles. The molecule has 1 aromatic heterocycles. The van der Waals surface area contributed by atoms with Gasteiger partial charge in [-0.05, 0) is 43.0 Å². The van der Waals surface area contributed by atoms with E-state index in [0.29, 0.717) is 6.54 Å². The zero-order valence-electron chi connectivity index (χ0n) is 16.1. The molecular weight excluding hydrogens is 330 g/mol. The van der Waals surface area contributed by atoms with Gasteiger partial charge in [0, 0.05) is 32.9 Å². The smallest absolute Gasteiger partial charge is 0.191 e. The normalized spacial score (nSPS) is 11.3. The van der Waals surface area contributed by atoms with Crippen molar-refractivity contribution in [2.24, 2.45) is 12.0 Å². The highest BCUT2D eigenvalue weighted by Gasteiger charge is 2.05. The number of ether oxygens (including phenoxy) is 2. The Balaban J connectivity index is 1.85. The predicted octanol–water partition coefficient (Wildman–Crippen LogP) is 1.78. The Bertz CT molecular complexity index is 712. The van der Waals surface area contributed by atoms with Gasteiger partial charge in [-0.1, -0.05) is 6.07 Å². The van der Waals surface area contributed by atoms with Crippen LogP contribution in [0.5, 0.6) is 11.5 Å². The zero-order valence-corrected chi connectivity index (χ0v) is 16.1. The third-order valence-corrected chi connectivity index (χ3v) is 3.93. The van der Waals surface area contributed by atoms with Crippen LogP contribution in [0, 0.1) is 0 Å². The summed E-state index contributed by atoms with van der Waals surface area (Å²) >= 11 is 0. The van der Waals surface area contributed by atoms with E-state index < -0.39 is 0 Å². The van der Waals surface area contributed by atoms with Crippen LogP contribution in [0.4, 0.5) is 0 Å². The van der Waals surface area contributed by atoms with Gasteiger partial charge < -0.3 is 20.1 Å². The molecule has 0 aliphatic heterocycles. The van der Waals surface area contributed by atoms with E-state index in [9.17, 15) is 0 Å². The summed E-state index contributed by atoms with van der Waals surface area (Å²) < 4.78 is 12.4. The van der Waals surface area contributed by atoms with Gasteiger partial charge in [0.25, 0.3) is 0 Å². The lowest BCUT2D eigenvalue weighted by Crippen LogP contribution is -2.38. The van der Waals surface area contributed by atoms with Crippen molar-refractivity contribution < 1.29 is 9.47 Å². The van der Waals surface area contributed by atoms with Crippen LogP contribution in [0.3, 0.4) is 0 Å². The van der Waals surface area contributed by atoms with Gasteiger partial charge in [-0.2, -0.15) is 5.10 Å². The molecule has 2 rings (SSSR count). The molecule has 0 amide bonds. The summed E-state index contributed by atoms with van der Waals surface area (Å²) in [5, 5.41) is 10.8. The monoisotopic (exact) mass is 359 g/mol. The quantitative estimate of drug-likeness (QED) is 0.527. The lowest BCUT2D eigenvalue weighted by atomic mass is 10.1. The van der Waals surface area contributed by atoms with Crippen molar-refractivity contribution >= 4 is 5.96 Å². The Morgan fingerprint density at radius 3 is 2.58 bits per heavy atom. The summed E-state index contributed by atoms with van der Waals surface area (Å²) in [6.07, 6.45) is 5.67. The Morgan fingerprint density at radius 1 is 1.12 bits per heavy atom. The molecule has 0 aliphatic rings. The zero-order chi connectivity index (χ0) is 18.8. The van der Waals surface area contributed by atoms with Gasteiger partial charge in [-0.25, -0.2) is 0 Å². The molecule has 7 heteroatoms. The van der Waals surface area contributed by atoms with Gasteiger partial charge in [0.05, 0.1) is 20.4 Å². The summed E-state index contributed by atoms with van der Waals surface area (Å²) in [4.78, 5) is 4.64. The fourth-order valence-electron chi connectivity index (χ4n) is 2.60. The number of aryl methyl sites for hydroxylation is 1. The molecule has 0 atom stereocenters. The van der Waals surface area contributed by atoms with Crippen molar-refractivity contribution in [3.8, 4) is 11.5 Å². The van der Waals surface area contributed by atoms with Gasteiger partial charge in [0.1, 0.15) is 0 Å². The van der Waals surface area contributed by atoms with Crippen LogP contribution in [0.25, 0.3) is 0 Å². The first-order valence-electron chi connectivity index (χ1n) is 8.86. The second-order valence-electron chi connectivity index (χ2n) is 5.90. The molecule has 7 nitrogen and oxygen atoms in total. The number of aromatic nitrogens is 2. The Morgan fingerprint density at radius 2 is 1.92 bits per heavy atom. The van der Waals surface area contributed by atoms with Crippen LogP contribution in [0.2, 0.25) is 0 Å². The maximum Gasteiger partial charge on any atom is 0.191 e. The number of methoxy groups -OCH3 is 2. The molecule has 0 spiro atoms. The number of rotatable bonds is 9. The van der Waals surface area contributed by atoms with E-state index in [0.717, 1.165) is 49.0 Å². The van der Waals surface area contributed by atoms with Crippen LogP contribution in [-0.4, -0.2) is 49.6 Å². The van der Waals surface area contributed by atoms with Crippen LogP contribution in [0.1, 0.15) is 18.1 Å². The third kappa shape index (κ3) is 5.98. The highest BCUT2D eigenvalue weighted by molar-refractivity contribution is 5.79. The summed E-state index contributed by atoms with van der Waals surface area (Å²) in [5.41, 5.74) is 2.37. The summed E-state index contributed by atoms with van der Waals surface area (Å²) in [6.45, 7) is 4.40. The third-order valence-electron chi connectivity index (χ3n) is 3.93. The van der Waals surface area contributed by atoms with Gasteiger partial charge in [-0.15, -0.1) is 0 Å². The molecular formula is C19H29N5O2. The molecule has 142 valence electrons. The number of hydrogen-bond donors (Lipinski definition) is 2. The topological polar surface area (TPSA) is 72.7 Å². The van der Waals surface area contributed by atoms with Crippen LogP contribution in [0.15, 0.2) is 35.6 Å². The molecule has 0 saturated heterocycles. The van der Waals surface area contributed by atoms with E-state index in [2.05, 4.69) is 27.6 Å². The first-order valence-corrected chi connectivity index (χ1v) is 8.86. The van der Waals surface area contributed by atoms with E-state index in [4.69, 9.17) is 9.47 Å². The molecule has 0 unspecified atom stereocenters. The highest BCUT2D eigenvalue weighted by atomic mass is 16.5. The Labute approximate surface area is 155 Å². The number of nitrogens with zero attached hydrogens (tertiary/aromatic N) is 3. The number of guanidine groups is 1. The Hall–Kier alpha value is -2.70. The fraction of sp³-hybridized carbons (Fsp3) is 0.474.